The van der Waals surface area contributed by atoms with Crippen molar-refractivity contribution in [1.82, 2.24) is 19.9 Å². The number of carbonyl (C=O) groups excluding carboxylic acids is 1. The number of ether oxygens (including phenoxy) is 1. The number of nitrogens with zero attached hydrogens (tertiary/aromatic N) is 5. The number of rotatable bonds is 6. The Morgan fingerprint density at radius 2 is 2.14 bits per heavy atom. The van der Waals surface area contributed by atoms with Crippen LogP contribution in [0.1, 0.15) is 39.6 Å². The molecule has 2 aromatic heterocycles. The minimum Gasteiger partial charge on any atom is -0.755 e. The summed E-state index contributed by atoms with van der Waals surface area (Å²) in [6.07, 6.45) is 3.27. The lowest BCUT2D eigenvalue weighted by atomic mass is 9.89. The number of anilines is 2. The van der Waals surface area contributed by atoms with Gasteiger partial charge in [-0.15, -0.1) is 0 Å². The molecule has 3 heterocycles. The average Bonchev–Trinajstić information content (AvgIpc) is 3.28. The van der Waals surface area contributed by atoms with E-state index in [9.17, 15) is 23.2 Å². The topological polar surface area (TPSA) is 136 Å². The molecule has 13 heteroatoms. The molecule has 1 aliphatic heterocycles. The van der Waals surface area contributed by atoms with Crippen LogP contribution in [0.4, 0.5) is 20.2 Å². The van der Waals surface area contributed by atoms with Gasteiger partial charge in [0.25, 0.3) is 5.91 Å². The van der Waals surface area contributed by atoms with Crippen molar-refractivity contribution in [3.05, 3.63) is 64.9 Å². The van der Waals surface area contributed by atoms with E-state index in [-0.39, 0.29) is 40.8 Å². The van der Waals surface area contributed by atoms with Gasteiger partial charge in [0.05, 0.1) is 41.6 Å². The first-order valence-electron chi connectivity index (χ1n) is 10.4. The summed E-state index contributed by atoms with van der Waals surface area (Å²) in [5, 5.41) is 11.7. The molecule has 182 valence electrons. The summed E-state index contributed by atoms with van der Waals surface area (Å²) in [6, 6.07) is 5.01. The van der Waals surface area contributed by atoms with Gasteiger partial charge in [-0.2, -0.15) is 5.26 Å². The fourth-order valence-corrected chi connectivity index (χ4v) is 4.79. The van der Waals surface area contributed by atoms with Gasteiger partial charge in [-0.1, -0.05) is 0 Å². The Labute approximate surface area is 201 Å². The van der Waals surface area contributed by atoms with E-state index in [0.717, 1.165) is 12.1 Å². The van der Waals surface area contributed by atoms with Crippen LogP contribution < -0.4 is 14.4 Å². The van der Waals surface area contributed by atoms with E-state index in [0.29, 0.717) is 22.8 Å². The van der Waals surface area contributed by atoms with Crippen LogP contribution in [-0.2, 0) is 24.2 Å². The van der Waals surface area contributed by atoms with Gasteiger partial charge >= 0.3 is 0 Å². The van der Waals surface area contributed by atoms with E-state index in [2.05, 4.69) is 15.3 Å². The van der Waals surface area contributed by atoms with Gasteiger partial charge in [0.15, 0.2) is 5.82 Å². The first kappa shape index (κ1) is 24.2. The van der Waals surface area contributed by atoms with Crippen LogP contribution in [0.2, 0.25) is 0 Å². The summed E-state index contributed by atoms with van der Waals surface area (Å²) in [7, 11) is 2.73. The van der Waals surface area contributed by atoms with Crippen LogP contribution in [0.15, 0.2) is 30.7 Å². The molecule has 0 spiro atoms. The minimum atomic E-state index is -3.07. The highest BCUT2D eigenvalue weighted by Gasteiger charge is 2.31. The highest BCUT2D eigenvalue weighted by atomic mass is 32.2. The molecular weight excluding hydrogens is 482 g/mol. The molecule has 0 saturated heterocycles. The van der Waals surface area contributed by atoms with Crippen molar-refractivity contribution < 1.29 is 27.1 Å². The summed E-state index contributed by atoms with van der Waals surface area (Å²) >= 11 is -3.07. The molecule has 2 atom stereocenters. The third-order valence-corrected chi connectivity index (χ3v) is 6.48. The van der Waals surface area contributed by atoms with E-state index >= 15 is 4.39 Å². The van der Waals surface area contributed by atoms with Crippen molar-refractivity contribution in [2.45, 2.75) is 25.3 Å². The number of benzene rings is 1. The SMILES string of the molecule is CNC(=O)c1ncn2c1CC[C@@H](c1c(F)ccc(N(c3cc(C#N)cnc3OC)S(=O)[O-])c1F)C2. The van der Waals surface area contributed by atoms with E-state index in [1.165, 1.54) is 32.7 Å². The van der Waals surface area contributed by atoms with Gasteiger partial charge in [-0.25, -0.2) is 18.7 Å². The Bertz CT molecular complexity index is 1370. The number of nitrogens with one attached hydrogen (secondary N) is 1. The van der Waals surface area contributed by atoms with Gasteiger partial charge in [-0.05, 0) is 31.0 Å². The summed E-state index contributed by atoms with van der Waals surface area (Å²) < 4.78 is 62.5. The van der Waals surface area contributed by atoms with Crippen molar-refractivity contribution in [2.24, 2.45) is 0 Å². The maximum Gasteiger partial charge on any atom is 0.271 e. The molecule has 0 bridgehead atoms. The number of pyridine rings is 1. The molecule has 3 aromatic rings. The number of carbonyl (C=O) groups is 1. The average molecular weight is 501 g/mol. The Hall–Kier alpha value is -3.89. The second-order valence-electron chi connectivity index (χ2n) is 7.68. The van der Waals surface area contributed by atoms with Crippen molar-refractivity contribution >= 4 is 28.5 Å². The quantitative estimate of drug-likeness (QED) is 0.513. The van der Waals surface area contributed by atoms with Crippen LogP contribution in [0, 0.1) is 23.0 Å². The molecule has 0 fully saturated rings. The minimum absolute atomic E-state index is 0.0193. The molecule has 0 saturated carbocycles. The number of methoxy groups -OCH3 is 1. The van der Waals surface area contributed by atoms with Crippen LogP contribution in [-0.4, -0.2) is 43.4 Å². The normalized spacial score (nSPS) is 15.6. The molecule has 0 aliphatic carbocycles. The molecule has 1 unspecified atom stereocenters. The van der Waals surface area contributed by atoms with Crippen molar-refractivity contribution in [1.29, 1.82) is 5.26 Å². The molecule has 35 heavy (non-hydrogen) atoms. The standard InChI is InChI=1S/C22H20F2N6O4S/c1-26-21(31)20-16-5-3-13(10-29(16)11-28-20)18-14(23)4-6-15(19(18)24)30(35(32)33)17-7-12(8-25)9-27-22(17)34-2/h4,6-7,9,11,13H,3,5,10H2,1-2H3,(H,26,31)(H,32,33)/p-1/t13-/m1/s1. The second-order valence-corrected chi connectivity index (χ2v) is 8.48. The Morgan fingerprint density at radius 1 is 1.37 bits per heavy atom. The number of halogens is 2. The van der Waals surface area contributed by atoms with Crippen LogP contribution in [0.3, 0.4) is 0 Å². The molecular formula is C22H19F2N6O4S-. The Kier molecular flexibility index (Phi) is 6.77. The van der Waals surface area contributed by atoms with E-state index in [1.807, 2.05) is 6.07 Å². The summed E-state index contributed by atoms with van der Waals surface area (Å²) in [6.45, 7) is 0.145. The number of hydrogen-bond acceptors (Lipinski definition) is 7. The molecule has 0 radical (unpaired) electrons. The Balaban J connectivity index is 1.78. The largest absolute Gasteiger partial charge is 0.755 e. The smallest absolute Gasteiger partial charge is 0.271 e. The molecule has 1 aromatic carbocycles. The highest BCUT2D eigenvalue weighted by Crippen LogP contribution is 2.40. The molecule has 10 nitrogen and oxygen atoms in total. The maximum atomic E-state index is 15.8. The molecule has 1 N–H and O–H groups in total. The Morgan fingerprint density at radius 3 is 2.80 bits per heavy atom. The highest BCUT2D eigenvalue weighted by molar-refractivity contribution is 7.81. The van der Waals surface area contributed by atoms with Crippen molar-refractivity contribution in [3.8, 4) is 11.9 Å². The van der Waals surface area contributed by atoms with Crippen LogP contribution in [0.5, 0.6) is 5.88 Å². The zero-order chi connectivity index (χ0) is 25.3. The van der Waals surface area contributed by atoms with Crippen LogP contribution in [0.25, 0.3) is 0 Å². The number of aromatic nitrogens is 3. The van der Waals surface area contributed by atoms with Gasteiger partial charge in [0.1, 0.15) is 23.3 Å². The van der Waals surface area contributed by atoms with Gasteiger partial charge in [0.2, 0.25) is 5.88 Å². The summed E-state index contributed by atoms with van der Waals surface area (Å²) in [4.78, 5) is 20.0. The molecule has 4 rings (SSSR count). The lowest BCUT2D eigenvalue weighted by molar-refractivity contribution is 0.0957. The predicted molar refractivity (Wildman–Crippen MR) is 120 cm³/mol. The third-order valence-electron chi connectivity index (χ3n) is 5.79. The zero-order valence-electron chi connectivity index (χ0n) is 18.6. The number of amides is 1. The van der Waals surface area contributed by atoms with Crippen molar-refractivity contribution in [2.75, 3.05) is 18.5 Å². The monoisotopic (exact) mass is 501 g/mol. The van der Waals surface area contributed by atoms with Crippen molar-refractivity contribution in [3.63, 3.8) is 0 Å². The first-order valence-corrected chi connectivity index (χ1v) is 11.4. The number of nitriles is 1. The van der Waals surface area contributed by atoms with E-state index < -0.39 is 34.5 Å². The number of fused-ring (bicyclic) bond motifs is 1. The van der Waals surface area contributed by atoms with Gasteiger partial charge in [-0.3, -0.25) is 13.3 Å². The molecule has 1 aliphatic rings. The fraction of sp³-hybridized carbons (Fsp3) is 0.273. The fourth-order valence-electron chi connectivity index (χ4n) is 4.19. The lowest BCUT2D eigenvalue weighted by Crippen LogP contribution is -2.26. The van der Waals surface area contributed by atoms with E-state index in [4.69, 9.17) is 4.74 Å². The summed E-state index contributed by atoms with van der Waals surface area (Å²) in [5.74, 6) is -3.08. The van der Waals surface area contributed by atoms with Gasteiger partial charge < -0.3 is 19.2 Å². The third kappa shape index (κ3) is 4.33. The number of imidazole rings is 1. The van der Waals surface area contributed by atoms with E-state index in [1.54, 1.807) is 4.57 Å². The molecule has 1 amide bonds. The first-order chi connectivity index (χ1) is 16.8. The summed E-state index contributed by atoms with van der Waals surface area (Å²) in [5.41, 5.74) is -0.0120. The maximum absolute atomic E-state index is 15.8. The zero-order valence-corrected chi connectivity index (χ0v) is 19.4. The van der Waals surface area contributed by atoms with Crippen LogP contribution >= 0.6 is 0 Å². The lowest BCUT2D eigenvalue weighted by Gasteiger charge is -2.30. The second kappa shape index (κ2) is 9.77. The predicted octanol–water partition coefficient (Wildman–Crippen LogP) is 2.46. The number of hydrogen-bond donors (Lipinski definition) is 1. The van der Waals surface area contributed by atoms with Gasteiger partial charge in [0, 0.05) is 31.3 Å².